The molecule has 8 heteroatoms. The third-order valence-electron chi connectivity index (χ3n) is 2.36. The van der Waals surface area contributed by atoms with E-state index in [1.807, 2.05) is 0 Å². The Morgan fingerprint density at radius 2 is 1.76 bits per heavy atom. The van der Waals surface area contributed by atoms with Crippen LogP contribution >= 0.6 is 0 Å². The molecule has 0 aliphatic rings. The number of carboxylic acids is 2. The maximum atomic E-state index is 12.8. The number of hydrogen-bond acceptors (Lipinski definition) is 4. The van der Waals surface area contributed by atoms with E-state index in [1.54, 1.807) is 0 Å². The van der Waals surface area contributed by atoms with Crippen LogP contribution < -0.4 is 0 Å². The molecule has 2 atom stereocenters. The van der Waals surface area contributed by atoms with Crippen molar-refractivity contribution in [3.05, 3.63) is 0 Å². The van der Waals surface area contributed by atoms with Crippen LogP contribution in [0.4, 0.5) is 8.78 Å². The molecule has 0 aromatic carbocycles. The fraction of sp³-hybridized carbons (Fsp3) is 0.667. The van der Waals surface area contributed by atoms with E-state index in [-0.39, 0.29) is 6.61 Å². The molecule has 17 heavy (non-hydrogen) atoms. The van der Waals surface area contributed by atoms with Gasteiger partial charge in [-0.1, -0.05) is 0 Å². The van der Waals surface area contributed by atoms with Crippen molar-refractivity contribution in [1.82, 2.24) is 0 Å². The summed E-state index contributed by atoms with van der Waals surface area (Å²) in [6.07, 6.45) is -3.69. The topological polar surface area (TPSA) is 101 Å². The largest absolute Gasteiger partial charge is 0.481 e. The molecule has 0 rings (SSSR count). The maximum absolute atomic E-state index is 12.8. The van der Waals surface area contributed by atoms with Gasteiger partial charge in [0.25, 0.3) is 6.43 Å². The number of alkyl halides is 2. The summed E-state index contributed by atoms with van der Waals surface area (Å²) in [7, 11) is 0. The molecule has 0 saturated carbocycles. The zero-order valence-corrected chi connectivity index (χ0v) is 9.15. The van der Waals surface area contributed by atoms with Crippen molar-refractivity contribution < 1.29 is 38.1 Å². The average molecular weight is 254 g/mol. The Bertz CT molecular complexity index is 329. The number of aliphatic carboxylic acids is 2. The van der Waals surface area contributed by atoms with Crippen LogP contribution in [-0.2, 0) is 19.1 Å². The first-order valence-electron chi connectivity index (χ1n) is 4.64. The highest BCUT2D eigenvalue weighted by Crippen LogP contribution is 2.37. The summed E-state index contributed by atoms with van der Waals surface area (Å²) in [5, 5.41) is 17.4. The smallest absolute Gasteiger partial charge is 0.330 e. The fourth-order valence-electron chi connectivity index (χ4n) is 1.27. The van der Waals surface area contributed by atoms with Gasteiger partial charge in [0.05, 0.1) is 12.5 Å². The van der Waals surface area contributed by atoms with E-state index >= 15 is 0 Å². The summed E-state index contributed by atoms with van der Waals surface area (Å²) in [6.45, 7) is 1.69. The van der Waals surface area contributed by atoms with Gasteiger partial charge >= 0.3 is 17.9 Å². The van der Waals surface area contributed by atoms with Crippen LogP contribution in [0.5, 0.6) is 0 Å². The van der Waals surface area contributed by atoms with Crippen LogP contribution in [0, 0.1) is 11.3 Å². The van der Waals surface area contributed by atoms with Crippen molar-refractivity contribution >= 4 is 17.9 Å². The van der Waals surface area contributed by atoms with Gasteiger partial charge in [-0.05, 0) is 13.8 Å². The number of ether oxygens (including phenoxy) is 1. The lowest BCUT2D eigenvalue weighted by Gasteiger charge is -2.29. The summed E-state index contributed by atoms with van der Waals surface area (Å²) in [6, 6.07) is 0. The number of esters is 1. The van der Waals surface area contributed by atoms with E-state index in [0.717, 1.165) is 6.92 Å². The lowest BCUT2D eigenvalue weighted by atomic mass is 9.76. The maximum Gasteiger partial charge on any atom is 0.330 e. The summed E-state index contributed by atoms with van der Waals surface area (Å²) in [5.41, 5.74) is -3.39. The lowest BCUT2D eigenvalue weighted by molar-refractivity contribution is -0.192. The first-order valence-corrected chi connectivity index (χ1v) is 4.64. The van der Waals surface area contributed by atoms with Crippen LogP contribution in [0.3, 0.4) is 0 Å². The number of rotatable bonds is 6. The lowest BCUT2D eigenvalue weighted by Crippen LogP contribution is -2.53. The molecular formula is C9H12F2O6. The van der Waals surface area contributed by atoms with Gasteiger partial charge in [0.1, 0.15) is 0 Å². The normalized spacial score (nSPS) is 16.1. The van der Waals surface area contributed by atoms with E-state index in [4.69, 9.17) is 10.2 Å². The average Bonchev–Trinajstić information content (AvgIpc) is 2.17. The van der Waals surface area contributed by atoms with E-state index in [9.17, 15) is 23.2 Å². The van der Waals surface area contributed by atoms with Crippen LogP contribution in [0.1, 0.15) is 13.8 Å². The second kappa shape index (κ2) is 5.55. The number of carbonyl (C=O) groups is 3. The second-order valence-corrected chi connectivity index (χ2v) is 3.26. The number of halogens is 2. The van der Waals surface area contributed by atoms with Gasteiger partial charge in [0.2, 0.25) is 5.41 Å². The van der Waals surface area contributed by atoms with Crippen LogP contribution in [0.15, 0.2) is 0 Å². The standard InChI is InChI=1S/C9H12F2O6/c1-3-17-8(16)9(6(10)11,7(14)15)4(2)5(12)13/h4,6H,3H2,1-2H3,(H,12,13)(H,14,15). The molecular weight excluding hydrogens is 242 g/mol. The summed E-state index contributed by atoms with van der Waals surface area (Å²) in [5.74, 6) is -7.90. The number of hydrogen-bond donors (Lipinski definition) is 2. The van der Waals surface area contributed by atoms with E-state index in [2.05, 4.69) is 4.74 Å². The second-order valence-electron chi connectivity index (χ2n) is 3.26. The molecule has 0 bridgehead atoms. The zero-order chi connectivity index (χ0) is 13.8. The molecule has 6 nitrogen and oxygen atoms in total. The predicted octanol–water partition coefficient (Wildman–Crippen LogP) is 0.606. The molecule has 0 aromatic heterocycles. The molecule has 0 amide bonds. The van der Waals surface area contributed by atoms with Crippen molar-refractivity contribution in [3.8, 4) is 0 Å². The highest BCUT2D eigenvalue weighted by molar-refractivity contribution is 6.03. The molecule has 0 aliphatic heterocycles. The molecule has 98 valence electrons. The molecule has 0 fully saturated rings. The van der Waals surface area contributed by atoms with Gasteiger partial charge in [0, 0.05) is 0 Å². The zero-order valence-electron chi connectivity index (χ0n) is 9.15. The first-order chi connectivity index (χ1) is 7.72. The predicted molar refractivity (Wildman–Crippen MR) is 49.5 cm³/mol. The third kappa shape index (κ3) is 2.51. The molecule has 2 unspecified atom stereocenters. The Morgan fingerprint density at radius 1 is 1.29 bits per heavy atom. The van der Waals surface area contributed by atoms with Crippen molar-refractivity contribution in [3.63, 3.8) is 0 Å². The summed E-state index contributed by atoms with van der Waals surface area (Å²) >= 11 is 0. The molecule has 0 saturated heterocycles. The Labute approximate surface area is 95.2 Å². The monoisotopic (exact) mass is 254 g/mol. The fourth-order valence-corrected chi connectivity index (χ4v) is 1.27. The Balaban J connectivity index is 5.68. The van der Waals surface area contributed by atoms with Crippen molar-refractivity contribution in [2.45, 2.75) is 20.3 Å². The van der Waals surface area contributed by atoms with Crippen LogP contribution in [0.25, 0.3) is 0 Å². The quantitative estimate of drug-likeness (QED) is 0.532. The summed E-state index contributed by atoms with van der Waals surface area (Å²) < 4.78 is 29.9. The van der Waals surface area contributed by atoms with Gasteiger partial charge in [0.15, 0.2) is 0 Å². The van der Waals surface area contributed by atoms with Crippen LogP contribution in [-0.4, -0.2) is 41.2 Å². The Kier molecular flexibility index (Phi) is 4.99. The van der Waals surface area contributed by atoms with E-state index in [0.29, 0.717) is 0 Å². The van der Waals surface area contributed by atoms with Crippen LogP contribution in [0.2, 0.25) is 0 Å². The minimum absolute atomic E-state index is 0.326. The first kappa shape index (κ1) is 15.3. The minimum Gasteiger partial charge on any atom is -0.481 e. The van der Waals surface area contributed by atoms with Gasteiger partial charge in [-0.25, -0.2) is 8.78 Å². The molecule has 0 heterocycles. The third-order valence-corrected chi connectivity index (χ3v) is 2.36. The Hall–Kier alpha value is -1.73. The van der Waals surface area contributed by atoms with Gasteiger partial charge in [-0.15, -0.1) is 0 Å². The summed E-state index contributed by atoms with van der Waals surface area (Å²) in [4.78, 5) is 32.9. The minimum atomic E-state index is -3.69. The van der Waals surface area contributed by atoms with Crippen molar-refractivity contribution in [2.24, 2.45) is 11.3 Å². The molecule has 0 aliphatic carbocycles. The molecule has 0 radical (unpaired) electrons. The number of carbonyl (C=O) groups excluding carboxylic acids is 1. The van der Waals surface area contributed by atoms with Gasteiger partial charge in [-0.2, -0.15) is 0 Å². The number of carboxylic acid groups (broad SMARTS) is 2. The van der Waals surface area contributed by atoms with E-state index in [1.165, 1.54) is 6.92 Å². The highest BCUT2D eigenvalue weighted by atomic mass is 19.3. The molecule has 2 N–H and O–H groups in total. The van der Waals surface area contributed by atoms with Crippen molar-refractivity contribution in [1.29, 1.82) is 0 Å². The van der Waals surface area contributed by atoms with E-state index < -0.39 is 35.7 Å². The molecule has 0 aromatic rings. The highest BCUT2D eigenvalue weighted by Gasteiger charge is 2.62. The van der Waals surface area contributed by atoms with Gasteiger partial charge in [-0.3, -0.25) is 14.4 Å². The molecule has 0 spiro atoms. The van der Waals surface area contributed by atoms with Gasteiger partial charge < -0.3 is 14.9 Å². The SMILES string of the molecule is CCOC(=O)C(C(=O)O)(C(F)F)C(C)C(=O)O. The Morgan fingerprint density at radius 3 is 2.00 bits per heavy atom. The van der Waals surface area contributed by atoms with Crippen molar-refractivity contribution in [2.75, 3.05) is 6.61 Å².